The van der Waals surface area contributed by atoms with Gasteiger partial charge in [-0.2, -0.15) is 0 Å². The number of halogens is 4. The summed E-state index contributed by atoms with van der Waals surface area (Å²) in [7, 11) is 0. The molecule has 0 amide bonds. The number of hydrogen-bond donors (Lipinski definition) is 2. The van der Waals surface area contributed by atoms with E-state index in [1.54, 1.807) is 6.07 Å². The number of carbonyl (C=O) groups is 1. The van der Waals surface area contributed by atoms with Gasteiger partial charge in [-0.05, 0) is 52.3 Å². The Hall–Kier alpha value is -1.23. The molecule has 2 N–H and O–H groups in total. The van der Waals surface area contributed by atoms with Crippen molar-refractivity contribution in [1.82, 2.24) is 0 Å². The van der Waals surface area contributed by atoms with Crippen LogP contribution in [0.25, 0.3) is 0 Å². The van der Waals surface area contributed by atoms with Gasteiger partial charge >= 0.3 is 0 Å². The number of hydrogen-bond acceptors (Lipinski definition) is 5. The monoisotopic (exact) mass is 510 g/mol. The highest BCUT2D eigenvalue weighted by atomic mass is 79.9. The second kappa shape index (κ2) is 13.0. The predicted molar refractivity (Wildman–Crippen MR) is 102 cm³/mol. The molecular formula is C18H18Br2F2O5. The molecule has 148 valence electrons. The van der Waals surface area contributed by atoms with Crippen molar-refractivity contribution in [3.63, 3.8) is 0 Å². The predicted octanol–water partition coefficient (Wildman–Crippen LogP) is 4.01. The second-order valence-corrected chi connectivity index (χ2v) is 6.68. The molecule has 0 unspecified atom stereocenters. The molecule has 0 bridgehead atoms. The van der Waals surface area contributed by atoms with E-state index in [-0.39, 0.29) is 31.1 Å². The van der Waals surface area contributed by atoms with Crippen LogP contribution in [0, 0.1) is 11.6 Å². The van der Waals surface area contributed by atoms with Crippen molar-refractivity contribution < 1.29 is 33.3 Å². The third-order valence-corrected chi connectivity index (χ3v) is 4.40. The second-order valence-electron chi connectivity index (χ2n) is 4.97. The van der Waals surface area contributed by atoms with Gasteiger partial charge in [-0.3, -0.25) is 4.79 Å². The molecule has 9 heteroatoms. The van der Waals surface area contributed by atoms with Crippen molar-refractivity contribution in [2.24, 2.45) is 0 Å². The Balaban J connectivity index is 0.000000232. The molecule has 1 heterocycles. The van der Waals surface area contributed by atoms with Gasteiger partial charge in [0.2, 0.25) is 0 Å². The minimum atomic E-state index is -0.352. The molecule has 2 aromatic rings. The lowest BCUT2D eigenvalue weighted by atomic mass is 10.2. The summed E-state index contributed by atoms with van der Waals surface area (Å²) in [5.41, 5.74) is 1.29. The zero-order valence-electron chi connectivity index (χ0n) is 14.1. The van der Waals surface area contributed by atoms with Crippen LogP contribution in [0.4, 0.5) is 8.78 Å². The number of aliphatic hydroxyl groups excluding tert-OH is 2. The summed E-state index contributed by atoms with van der Waals surface area (Å²) in [6.45, 7) is 0.933. The Morgan fingerprint density at radius 3 is 1.93 bits per heavy atom. The van der Waals surface area contributed by atoms with Crippen LogP contribution in [-0.2, 0) is 9.47 Å². The highest BCUT2D eigenvalue weighted by Crippen LogP contribution is 2.29. The summed E-state index contributed by atoms with van der Waals surface area (Å²) in [4.78, 5) is 10.2. The molecule has 1 fully saturated rings. The summed E-state index contributed by atoms with van der Waals surface area (Å²) in [5, 5.41) is 15.2. The van der Waals surface area contributed by atoms with E-state index in [9.17, 15) is 13.6 Å². The molecule has 1 aliphatic heterocycles. The zero-order valence-corrected chi connectivity index (χ0v) is 17.3. The van der Waals surface area contributed by atoms with Gasteiger partial charge in [0.15, 0.2) is 12.6 Å². The van der Waals surface area contributed by atoms with Gasteiger partial charge in [0.05, 0.1) is 26.4 Å². The number of carbonyl (C=O) groups excluding carboxylic acids is 1. The van der Waals surface area contributed by atoms with Gasteiger partial charge in [-0.1, -0.05) is 15.9 Å². The van der Waals surface area contributed by atoms with Crippen molar-refractivity contribution in [3.05, 3.63) is 68.1 Å². The maximum Gasteiger partial charge on any atom is 0.185 e. The van der Waals surface area contributed by atoms with Crippen molar-refractivity contribution in [1.29, 1.82) is 0 Å². The molecule has 0 atom stereocenters. The summed E-state index contributed by atoms with van der Waals surface area (Å²) in [5.74, 6) is -0.619. The van der Waals surface area contributed by atoms with Crippen molar-refractivity contribution in [3.8, 4) is 0 Å². The van der Waals surface area contributed by atoms with Gasteiger partial charge in [-0.25, -0.2) is 8.78 Å². The molecule has 1 aliphatic rings. The summed E-state index contributed by atoms with van der Waals surface area (Å²) in [6.07, 6.45) is 0.318. The highest BCUT2D eigenvalue weighted by Gasteiger charge is 2.20. The fourth-order valence-electron chi connectivity index (χ4n) is 1.83. The minimum absolute atomic E-state index is 0.125. The maximum absolute atomic E-state index is 12.7. The first kappa shape index (κ1) is 23.8. The molecule has 1 saturated heterocycles. The first-order chi connectivity index (χ1) is 12.9. The molecule has 0 radical (unpaired) electrons. The van der Waals surface area contributed by atoms with Gasteiger partial charge < -0.3 is 19.7 Å². The molecule has 3 rings (SSSR count). The van der Waals surface area contributed by atoms with E-state index in [4.69, 9.17) is 19.7 Å². The molecule has 0 spiro atoms. The normalized spacial score (nSPS) is 13.3. The highest BCUT2D eigenvalue weighted by molar-refractivity contribution is 9.10. The van der Waals surface area contributed by atoms with E-state index < -0.39 is 0 Å². The number of ether oxygens (including phenoxy) is 2. The fourth-order valence-corrected chi connectivity index (χ4v) is 2.81. The topological polar surface area (TPSA) is 76.0 Å². The average Bonchev–Trinajstić information content (AvgIpc) is 3.17. The van der Waals surface area contributed by atoms with Crippen molar-refractivity contribution in [2.75, 3.05) is 26.4 Å². The van der Waals surface area contributed by atoms with Crippen LogP contribution < -0.4 is 0 Å². The molecule has 0 aromatic heterocycles. The quantitative estimate of drug-likeness (QED) is 0.609. The smallest absolute Gasteiger partial charge is 0.185 e. The molecule has 2 aromatic carbocycles. The number of aldehydes is 1. The van der Waals surface area contributed by atoms with Crippen LogP contribution in [-0.4, -0.2) is 42.9 Å². The van der Waals surface area contributed by atoms with Crippen molar-refractivity contribution >= 4 is 38.1 Å². The Morgan fingerprint density at radius 2 is 1.48 bits per heavy atom. The number of rotatable bonds is 3. The summed E-state index contributed by atoms with van der Waals surface area (Å²) < 4.78 is 36.8. The number of benzene rings is 2. The molecule has 0 saturated carbocycles. The number of aliphatic hydroxyl groups is 2. The van der Waals surface area contributed by atoms with Crippen LogP contribution in [0.15, 0.2) is 45.3 Å². The van der Waals surface area contributed by atoms with Crippen LogP contribution in [0.3, 0.4) is 0 Å². The van der Waals surface area contributed by atoms with E-state index in [1.165, 1.54) is 30.3 Å². The fraction of sp³-hybridized carbons (Fsp3) is 0.278. The van der Waals surface area contributed by atoms with E-state index in [2.05, 4.69) is 31.9 Å². The Labute approximate surface area is 172 Å². The first-order valence-electron chi connectivity index (χ1n) is 7.73. The minimum Gasteiger partial charge on any atom is -0.394 e. The molecule has 0 aliphatic carbocycles. The third kappa shape index (κ3) is 8.54. The van der Waals surface area contributed by atoms with Crippen molar-refractivity contribution in [2.45, 2.75) is 6.29 Å². The lowest BCUT2D eigenvalue weighted by Gasteiger charge is -2.10. The molecule has 27 heavy (non-hydrogen) atoms. The SMILES string of the molecule is Fc1ccc(C2OCCO2)c(Br)c1.O=Cc1ccc(F)cc1Br.OCCO. The standard InChI is InChI=1S/C9H8BrFO2.C7H4BrFO.C2H6O2/c10-8-5-6(11)1-2-7(8)9-12-3-4-13-9;8-7-3-6(9)2-1-5(7)4-10;3-1-2-4/h1-2,5,9H,3-4H2;1-4H;3-4H,1-2H2. The summed E-state index contributed by atoms with van der Waals surface area (Å²) in [6, 6.07) is 8.38. The van der Waals surface area contributed by atoms with Gasteiger partial charge in [0.25, 0.3) is 0 Å². The van der Waals surface area contributed by atoms with Crippen LogP contribution in [0.1, 0.15) is 22.2 Å². The first-order valence-corrected chi connectivity index (χ1v) is 9.31. The van der Waals surface area contributed by atoms with E-state index in [1.807, 2.05) is 0 Å². The average molecular weight is 512 g/mol. The molecule has 5 nitrogen and oxygen atoms in total. The van der Waals surface area contributed by atoms with Crippen LogP contribution in [0.2, 0.25) is 0 Å². The third-order valence-electron chi connectivity index (χ3n) is 3.03. The van der Waals surface area contributed by atoms with Gasteiger partial charge in [0, 0.05) is 20.1 Å². The van der Waals surface area contributed by atoms with Crippen LogP contribution in [0.5, 0.6) is 0 Å². The summed E-state index contributed by atoms with van der Waals surface area (Å²) >= 11 is 6.29. The van der Waals surface area contributed by atoms with E-state index >= 15 is 0 Å². The molecular weight excluding hydrogens is 494 g/mol. The van der Waals surface area contributed by atoms with E-state index in [0.717, 1.165) is 5.56 Å². The van der Waals surface area contributed by atoms with Gasteiger partial charge in [-0.15, -0.1) is 0 Å². The maximum atomic E-state index is 12.7. The lowest BCUT2D eigenvalue weighted by molar-refractivity contribution is -0.0446. The largest absolute Gasteiger partial charge is 0.394 e. The van der Waals surface area contributed by atoms with E-state index in [0.29, 0.717) is 34.0 Å². The Kier molecular flexibility index (Phi) is 11.5. The Bertz CT molecular complexity index is 723. The zero-order chi connectivity index (χ0) is 20.2. The van der Waals surface area contributed by atoms with Gasteiger partial charge in [0.1, 0.15) is 11.6 Å². The Morgan fingerprint density at radius 1 is 0.963 bits per heavy atom. The lowest BCUT2D eigenvalue weighted by Crippen LogP contribution is -1.99. The van der Waals surface area contributed by atoms with Crippen LogP contribution >= 0.6 is 31.9 Å².